The first kappa shape index (κ1) is 15.3. The number of hydrogen-bond donors (Lipinski definition) is 2. The minimum Gasteiger partial charge on any atom is -0.397 e. The van der Waals surface area contributed by atoms with Crippen molar-refractivity contribution in [3.63, 3.8) is 0 Å². The van der Waals surface area contributed by atoms with E-state index in [-0.39, 0.29) is 15.7 Å². The maximum atomic E-state index is 12.1. The summed E-state index contributed by atoms with van der Waals surface area (Å²) in [6.07, 6.45) is 0. The number of halogens is 4. The van der Waals surface area contributed by atoms with E-state index in [0.29, 0.717) is 21.3 Å². The lowest BCUT2D eigenvalue weighted by molar-refractivity contribution is 0.102. The summed E-state index contributed by atoms with van der Waals surface area (Å²) in [5.74, 6) is -0.403. The first-order valence-corrected chi connectivity index (χ1v) is 6.90. The number of nitrogens with two attached hydrogens (primary N) is 1. The van der Waals surface area contributed by atoms with E-state index in [1.54, 1.807) is 6.07 Å². The maximum Gasteiger partial charge on any atom is 0.255 e. The minimum atomic E-state index is -0.403. The lowest BCUT2D eigenvalue weighted by Crippen LogP contribution is -2.13. The predicted octanol–water partition coefficient (Wildman–Crippen LogP) is 5.13. The van der Waals surface area contributed by atoms with Gasteiger partial charge in [-0.1, -0.05) is 46.4 Å². The Labute approximate surface area is 135 Å². The van der Waals surface area contributed by atoms with Crippen LogP contribution in [0.25, 0.3) is 0 Å². The average Bonchev–Trinajstić information content (AvgIpc) is 2.36. The van der Waals surface area contributed by atoms with Crippen LogP contribution in [0.4, 0.5) is 11.4 Å². The van der Waals surface area contributed by atoms with Crippen molar-refractivity contribution in [2.75, 3.05) is 11.1 Å². The fraction of sp³-hybridized carbons (Fsp3) is 0. The van der Waals surface area contributed by atoms with E-state index in [4.69, 9.17) is 52.1 Å². The van der Waals surface area contributed by atoms with Gasteiger partial charge in [0.2, 0.25) is 0 Å². The van der Waals surface area contributed by atoms with Crippen LogP contribution in [0.3, 0.4) is 0 Å². The molecule has 2 aromatic carbocycles. The topological polar surface area (TPSA) is 55.1 Å². The molecule has 0 aliphatic heterocycles. The second kappa shape index (κ2) is 6.10. The maximum absolute atomic E-state index is 12.1. The number of nitrogens with one attached hydrogen (secondary N) is 1. The van der Waals surface area contributed by atoms with E-state index < -0.39 is 5.91 Å². The molecular formula is C13H8Cl4N2O. The molecule has 0 bridgehead atoms. The molecule has 2 rings (SSSR count). The van der Waals surface area contributed by atoms with Crippen LogP contribution in [-0.4, -0.2) is 5.91 Å². The minimum absolute atomic E-state index is 0.253. The van der Waals surface area contributed by atoms with Crippen molar-refractivity contribution < 1.29 is 4.79 Å². The lowest BCUT2D eigenvalue weighted by Gasteiger charge is -2.11. The van der Waals surface area contributed by atoms with Crippen LogP contribution in [0.2, 0.25) is 20.1 Å². The zero-order chi connectivity index (χ0) is 14.9. The van der Waals surface area contributed by atoms with E-state index in [2.05, 4.69) is 5.32 Å². The summed E-state index contributed by atoms with van der Waals surface area (Å²) < 4.78 is 0. The summed E-state index contributed by atoms with van der Waals surface area (Å²) in [6, 6.07) is 7.52. The molecule has 0 radical (unpaired) electrons. The molecule has 104 valence electrons. The van der Waals surface area contributed by atoms with Crippen molar-refractivity contribution in [1.82, 2.24) is 0 Å². The van der Waals surface area contributed by atoms with Gasteiger partial charge in [0.15, 0.2) is 0 Å². The molecule has 1 amide bonds. The molecule has 0 saturated heterocycles. The number of amides is 1. The largest absolute Gasteiger partial charge is 0.397 e. The molecule has 7 heteroatoms. The molecule has 20 heavy (non-hydrogen) atoms. The third kappa shape index (κ3) is 3.30. The van der Waals surface area contributed by atoms with E-state index in [1.165, 1.54) is 24.3 Å². The molecule has 0 atom stereocenters. The second-order valence-electron chi connectivity index (χ2n) is 3.93. The smallest absolute Gasteiger partial charge is 0.255 e. The number of nitrogen functional groups attached to an aromatic ring is 1. The third-order valence-electron chi connectivity index (χ3n) is 2.51. The molecule has 0 aromatic heterocycles. The molecule has 2 aromatic rings. The Hall–Kier alpha value is -1.13. The van der Waals surface area contributed by atoms with E-state index in [9.17, 15) is 4.79 Å². The third-order valence-corrected chi connectivity index (χ3v) is 3.76. The summed E-state index contributed by atoms with van der Waals surface area (Å²) in [6.45, 7) is 0. The van der Waals surface area contributed by atoms with Gasteiger partial charge < -0.3 is 11.1 Å². The number of benzene rings is 2. The number of rotatable bonds is 2. The van der Waals surface area contributed by atoms with Gasteiger partial charge in [0, 0.05) is 10.6 Å². The Kier molecular flexibility index (Phi) is 4.66. The van der Waals surface area contributed by atoms with Gasteiger partial charge in [-0.05, 0) is 30.3 Å². The highest BCUT2D eigenvalue weighted by Crippen LogP contribution is 2.32. The van der Waals surface area contributed by atoms with Crippen LogP contribution in [0.5, 0.6) is 0 Å². The highest BCUT2D eigenvalue weighted by Gasteiger charge is 2.13. The van der Waals surface area contributed by atoms with Crippen LogP contribution >= 0.6 is 46.4 Å². The van der Waals surface area contributed by atoms with Crippen LogP contribution in [0.15, 0.2) is 30.3 Å². The Morgan fingerprint density at radius 3 is 2.25 bits per heavy atom. The molecule has 3 N–H and O–H groups in total. The summed E-state index contributed by atoms with van der Waals surface area (Å²) in [4.78, 5) is 12.1. The number of carbonyl (C=O) groups is 1. The van der Waals surface area contributed by atoms with Crippen LogP contribution in [-0.2, 0) is 0 Å². The zero-order valence-corrected chi connectivity index (χ0v) is 12.9. The zero-order valence-electron chi connectivity index (χ0n) is 9.88. The molecule has 0 spiro atoms. The van der Waals surface area contributed by atoms with Gasteiger partial charge in [-0.3, -0.25) is 4.79 Å². The van der Waals surface area contributed by atoms with E-state index in [1.807, 2.05) is 0 Å². The Bertz CT molecular complexity index is 665. The molecule has 0 fully saturated rings. The van der Waals surface area contributed by atoms with Crippen LogP contribution in [0, 0.1) is 0 Å². The molecule has 0 aliphatic carbocycles. The molecule has 0 unspecified atom stereocenters. The number of hydrogen-bond acceptors (Lipinski definition) is 2. The Morgan fingerprint density at radius 1 is 0.950 bits per heavy atom. The molecule has 0 heterocycles. The van der Waals surface area contributed by atoms with Gasteiger partial charge in [-0.2, -0.15) is 0 Å². The average molecular weight is 350 g/mol. The highest BCUT2D eigenvalue weighted by atomic mass is 35.5. The molecule has 0 saturated carbocycles. The fourth-order valence-electron chi connectivity index (χ4n) is 1.55. The SMILES string of the molecule is Nc1cc(Cl)cc(Cl)c1NC(=O)c1ccc(Cl)c(Cl)c1. The van der Waals surface area contributed by atoms with Crippen LogP contribution < -0.4 is 11.1 Å². The highest BCUT2D eigenvalue weighted by molar-refractivity contribution is 6.42. The van der Waals surface area contributed by atoms with Gasteiger partial charge >= 0.3 is 0 Å². The molecule has 3 nitrogen and oxygen atoms in total. The van der Waals surface area contributed by atoms with E-state index in [0.717, 1.165) is 0 Å². The van der Waals surface area contributed by atoms with Crippen molar-refractivity contribution in [2.45, 2.75) is 0 Å². The molecule has 0 aliphatic rings. The summed E-state index contributed by atoms with van der Waals surface area (Å²) in [5.41, 5.74) is 6.68. The normalized spacial score (nSPS) is 10.4. The number of carbonyl (C=O) groups excluding carboxylic acids is 1. The van der Waals surface area contributed by atoms with Gasteiger partial charge in [0.05, 0.1) is 26.4 Å². The quantitative estimate of drug-likeness (QED) is 0.738. The van der Waals surface area contributed by atoms with Gasteiger partial charge in [-0.25, -0.2) is 0 Å². The summed E-state index contributed by atoms with van der Waals surface area (Å²) in [7, 11) is 0. The first-order chi connectivity index (χ1) is 9.38. The summed E-state index contributed by atoms with van der Waals surface area (Å²) >= 11 is 23.5. The predicted molar refractivity (Wildman–Crippen MR) is 85.3 cm³/mol. The van der Waals surface area contributed by atoms with Crippen molar-refractivity contribution in [2.24, 2.45) is 0 Å². The van der Waals surface area contributed by atoms with Crippen LogP contribution in [0.1, 0.15) is 10.4 Å². The second-order valence-corrected chi connectivity index (χ2v) is 5.59. The molecular weight excluding hydrogens is 342 g/mol. The van der Waals surface area contributed by atoms with Crippen molar-refractivity contribution in [1.29, 1.82) is 0 Å². The van der Waals surface area contributed by atoms with Crippen molar-refractivity contribution in [3.8, 4) is 0 Å². The lowest BCUT2D eigenvalue weighted by atomic mass is 10.2. The Morgan fingerprint density at radius 2 is 1.65 bits per heavy atom. The van der Waals surface area contributed by atoms with E-state index >= 15 is 0 Å². The van der Waals surface area contributed by atoms with Crippen molar-refractivity contribution in [3.05, 3.63) is 56.0 Å². The van der Waals surface area contributed by atoms with Gasteiger partial charge in [-0.15, -0.1) is 0 Å². The summed E-state index contributed by atoms with van der Waals surface area (Å²) in [5, 5.41) is 3.91. The number of anilines is 2. The van der Waals surface area contributed by atoms with Crippen molar-refractivity contribution >= 4 is 63.7 Å². The first-order valence-electron chi connectivity index (χ1n) is 5.39. The van der Waals surface area contributed by atoms with Gasteiger partial charge in [0.25, 0.3) is 5.91 Å². The monoisotopic (exact) mass is 348 g/mol. The van der Waals surface area contributed by atoms with Gasteiger partial charge in [0.1, 0.15) is 0 Å². The Balaban J connectivity index is 2.30. The fourth-order valence-corrected chi connectivity index (χ4v) is 2.40. The standard InChI is InChI=1S/C13H8Cl4N2O/c14-7-4-10(17)12(11(18)5-7)19-13(20)6-1-2-8(15)9(16)3-6/h1-5H,18H2,(H,19,20).